The van der Waals surface area contributed by atoms with E-state index in [1.165, 1.54) is 18.8 Å². The molecule has 3 aromatic heterocycles. The molecule has 19 heteroatoms. The van der Waals surface area contributed by atoms with Crippen LogP contribution in [-0.2, 0) is 24.6 Å². The van der Waals surface area contributed by atoms with Gasteiger partial charge in [0, 0.05) is 99.3 Å². The summed E-state index contributed by atoms with van der Waals surface area (Å²) in [6, 6.07) is 15.2. The van der Waals surface area contributed by atoms with E-state index in [-0.39, 0.29) is 42.9 Å². The highest BCUT2D eigenvalue weighted by molar-refractivity contribution is 7.90. The van der Waals surface area contributed by atoms with Crippen molar-refractivity contribution in [2.24, 2.45) is 0 Å². The van der Waals surface area contributed by atoms with E-state index in [9.17, 15) is 27.6 Å². The van der Waals surface area contributed by atoms with Crippen LogP contribution in [0.2, 0.25) is 0 Å². The van der Waals surface area contributed by atoms with Crippen LogP contribution in [0.25, 0.3) is 22.2 Å². The Morgan fingerprint density at radius 3 is 2.34 bits per heavy atom. The molecule has 3 aliphatic rings. The van der Waals surface area contributed by atoms with Gasteiger partial charge in [-0.05, 0) is 79.6 Å². The van der Waals surface area contributed by atoms with Gasteiger partial charge in [0.15, 0.2) is 11.9 Å². The summed E-state index contributed by atoms with van der Waals surface area (Å²) in [4.78, 5) is 66.4. The lowest BCUT2D eigenvalue weighted by Crippen LogP contribution is -2.48. The van der Waals surface area contributed by atoms with Crippen LogP contribution >= 0.6 is 0 Å². The Kier molecular flexibility index (Phi) is 13.0. The fraction of sp³-hybridized carbons (Fsp3) is 0.378. The molecular formula is C45H49F2N9O7S. The number of fused-ring (bicyclic) bond motifs is 1. The Bertz CT molecular complexity index is 2670. The van der Waals surface area contributed by atoms with Gasteiger partial charge < -0.3 is 24.8 Å². The first kappa shape index (κ1) is 44.3. The predicted molar refractivity (Wildman–Crippen MR) is 235 cm³/mol. The molecule has 3 saturated heterocycles. The van der Waals surface area contributed by atoms with E-state index in [4.69, 9.17) is 9.72 Å². The number of imide groups is 1. The minimum Gasteiger partial charge on any atom is -0.481 e. The van der Waals surface area contributed by atoms with Crippen LogP contribution in [0.3, 0.4) is 0 Å². The van der Waals surface area contributed by atoms with E-state index in [2.05, 4.69) is 30.2 Å². The molecule has 3 aliphatic heterocycles. The molecule has 0 bridgehead atoms. The highest BCUT2D eigenvalue weighted by Crippen LogP contribution is 2.32. The van der Waals surface area contributed by atoms with Crippen molar-refractivity contribution in [3.05, 3.63) is 102 Å². The summed E-state index contributed by atoms with van der Waals surface area (Å²) in [5, 5.41) is 6.10. The minimum atomic E-state index is -4.14. The molecule has 0 radical (unpaired) electrons. The van der Waals surface area contributed by atoms with Crippen molar-refractivity contribution in [3.63, 3.8) is 0 Å². The lowest BCUT2D eigenvalue weighted by Gasteiger charge is -2.35. The molecule has 64 heavy (non-hydrogen) atoms. The summed E-state index contributed by atoms with van der Waals surface area (Å²) < 4.78 is 64.6. The Hall–Kier alpha value is -6.31. The van der Waals surface area contributed by atoms with Crippen molar-refractivity contribution in [1.82, 2.24) is 34.8 Å². The quantitative estimate of drug-likeness (QED) is 0.0875. The number of H-pyrrole nitrogens is 1. The zero-order valence-electron chi connectivity index (χ0n) is 35.4. The van der Waals surface area contributed by atoms with Crippen molar-refractivity contribution in [2.75, 3.05) is 55.9 Å². The Balaban J connectivity index is 0.812. The lowest BCUT2D eigenvalue weighted by molar-refractivity contribution is -0.139. The number of hydrogen-bond donors (Lipinski definition) is 4. The van der Waals surface area contributed by atoms with E-state index < -0.39 is 50.9 Å². The van der Waals surface area contributed by atoms with Gasteiger partial charge in [-0.2, -0.15) is 12.7 Å². The molecule has 2 aromatic carbocycles. The van der Waals surface area contributed by atoms with Crippen molar-refractivity contribution < 1.29 is 41.1 Å². The molecular weight excluding hydrogens is 849 g/mol. The molecule has 0 unspecified atom stereocenters. The second kappa shape index (κ2) is 18.8. The number of aromatic amines is 1. The number of carbonyl (C=O) groups is 4. The molecule has 5 aromatic rings. The molecule has 3 amide bonds. The van der Waals surface area contributed by atoms with E-state index >= 15 is 8.78 Å². The van der Waals surface area contributed by atoms with Gasteiger partial charge >= 0.3 is 10.2 Å². The number of ether oxygens (including phenoxy) is 1. The number of benzene rings is 2. The zero-order valence-corrected chi connectivity index (χ0v) is 36.2. The Labute approximate surface area is 368 Å². The third kappa shape index (κ3) is 9.60. The summed E-state index contributed by atoms with van der Waals surface area (Å²) in [7, 11) is -2.85. The molecule has 3 fully saturated rings. The monoisotopic (exact) mass is 897 g/mol. The minimum absolute atomic E-state index is 0.0411. The number of amides is 3. The van der Waals surface area contributed by atoms with Crippen LogP contribution in [0.5, 0.6) is 5.75 Å². The maximum absolute atomic E-state index is 15.6. The topological polar surface area (TPSA) is 199 Å². The predicted octanol–water partition coefficient (Wildman–Crippen LogP) is 4.89. The number of carbonyl (C=O) groups excluding carboxylic acids is 4. The zero-order chi connectivity index (χ0) is 45.1. The maximum Gasteiger partial charge on any atom is 0.301 e. The fourth-order valence-electron chi connectivity index (χ4n) is 8.34. The van der Waals surface area contributed by atoms with Gasteiger partial charge in [0.25, 0.3) is 5.91 Å². The average Bonchev–Trinajstić information content (AvgIpc) is 3.74. The number of ketones is 1. The fourth-order valence-corrected chi connectivity index (χ4v) is 9.27. The first-order chi connectivity index (χ1) is 30.8. The highest BCUT2D eigenvalue weighted by atomic mass is 32.2. The molecule has 336 valence electrons. The van der Waals surface area contributed by atoms with Crippen LogP contribution in [0.4, 0.5) is 20.3 Å². The second-order valence-corrected chi connectivity index (χ2v) is 18.1. The summed E-state index contributed by atoms with van der Waals surface area (Å²) in [5.74, 6) is -2.37. The first-order valence-corrected chi connectivity index (χ1v) is 22.8. The summed E-state index contributed by atoms with van der Waals surface area (Å²) in [6.45, 7) is 4.81. The van der Waals surface area contributed by atoms with E-state index in [0.29, 0.717) is 53.3 Å². The third-order valence-corrected chi connectivity index (χ3v) is 13.9. The third-order valence-electron chi connectivity index (χ3n) is 12.3. The van der Waals surface area contributed by atoms with Crippen molar-refractivity contribution in [2.45, 2.75) is 63.5 Å². The number of rotatable bonds is 14. The number of pyridine rings is 2. The molecule has 0 saturated carbocycles. The van der Waals surface area contributed by atoms with Crippen molar-refractivity contribution >= 4 is 56.3 Å². The van der Waals surface area contributed by atoms with E-state index in [0.717, 1.165) is 61.0 Å². The van der Waals surface area contributed by atoms with Crippen LogP contribution in [0.1, 0.15) is 72.9 Å². The molecule has 1 atom stereocenters. The number of anilines is 2. The van der Waals surface area contributed by atoms with Crippen LogP contribution in [0.15, 0.2) is 73.2 Å². The SMILES string of the molecule is CCN(C)S(=O)(=O)Nc1ccc(F)c(C(=O)c2c[nH]c3ncc(-c4ccc(N5CCC(NCC(=O)N6CCC(c7ccc(O[C@H]8CCC(=O)NC8=O)cc7)CC6)CC5)nc4)cc23)c1F. The normalized spacial score (nSPS) is 17.8. The number of piperidine rings is 3. The van der Waals surface area contributed by atoms with Crippen LogP contribution in [-0.4, -0.2) is 115 Å². The number of nitrogens with zero attached hydrogens (tertiary/aromatic N) is 5. The second-order valence-electron chi connectivity index (χ2n) is 16.3. The molecule has 0 spiro atoms. The summed E-state index contributed by atoms with van der Waals surface area (Å²) in [6.07, 6.45) is 7.94. The summed E-state index contributed by atoms with van der Waals surface area (Å²) in [5.41, 5.74) is 1.31. The van der Waals surface area contributed by atoms with E-state index in [1.54, 1.807) is 25.4 Å². The number of nitrogens with one attached hydrogen (secondary N) is 4. The van der Waals surface area contributed by atoms with Crippen molar-refractivity contribution in [1.29, 1.82) is 0 Å². The van der Waals surface area contributed by atoms with Crippen molar-refractivity contribution in [3.8, 4) is 16.9 Å². The van der Waals surface area contributed by atoms with Gasteiger partial charge in [-0.1, -0.05) is 19.1 Å². The van der Waals surface area contributed by atoms with Crippen LogP contribution in [0, 0.1) is 11.6 Å². The number of hydrogen-bond acceptors (Lipinski definition) is 11. The van der Waals surface area contributed by atoms with Gasteiger partial charge in [0.1, 0.15) is 23.0 Å². The molecule has 6 heterocycles. The molecule has 8 rings (SSSR count). The summed E-state index contributed by atoms with van der Waals surface area (Å²) >= 11 is 0. The number of halogens is 2. The molecule has 0 aliphatic carbocycles. The van der Waals surface area contributed by atoms with Gasteiger partial charge in [0.05, 0.1) is 17.8 Å². The number of likely N-dealkylation sites (tertiary alicyclic amines) is 1. The first-order valence-electron chi connectivity index (χ1n) is 21.3. The van der Waals surface area contributed by atoms with Gasteiger partial charge in [-0.15, -0.1) is 0 Å². The number of aromatic nitrogens is 3. The molecule has 16 nitrogen and oxygen atoms in total. The van der Waals surface area contributed by atoms with E-state index in [1.807, 2.05) is 41.3 Å². The highest BCUT2D eigenvalue weighted by Gasteiger charge is 2.30. The largest absolute Gasteiger partial charge is 0.481 e. The standard InChI is InChI=1S/C45H49F2N9O7S/c1-3-54(2)64(61,62)53-36-10-9-35(46)41(42(36)47)43(59)34-25-51-44-33(34)22-30(24-50-44)29-6-12-38(49-23-29)55-20-16-31(17-21-55)48-26-40(58)56-18-14-28(15-19-56)27-4-7-32(8-5-27)63-37-11-13-39(57)52-45(37)60/h4-10,12,22-25,28,31,37,48,53H,3,11,13-21,26H2,1-2H3,(H,50,51)(H,52,57,60)/t37-/m0/s1. The maximum atomic E-state index is 15.6. The Morgan fingerprint density at radius 2 is 1.66 bits per heavy atom. The van der Waals surface area contributed by atoms with Crippen LogP contribution < -0.4 is 25.0 Å². The van der Waals surface area contributed by atoms with Gasteiger partial charge in [-0.3, -0.25) is 29.2 Å². The smallest absolute Gasteiger partial charge is 0.301 e. The van der Waals surface area contributed by atoms with Gasteiger partial charge in [0.2, 0.25) is 17.6 Å². The van der Waals surface area contributed by atoms with Gasteiger partial charge in [-0.25, -0.2) is 18.7 Å². The molecule has 4 N–H and O–H groups in total. The Morgan fingerprint density at radius 1 is 0.922 bits per heavy atom. The average molecular weight is 898 g/mol. The lowest BCUT2D eigenvalue weighted by atomic mass is 9.89.